The van der Waals surface area contributed by atoms with Crippen LogP contribution in [0.4, 0.5) is 10.1 Å². The predicted molar refractivity (Wildman–Crippen MR) is 107 cm³/mol. The van der Waals surface area contributed by atoms with Gasteiger partial charge in [-0.05, 0) is 42.7 Å². The van der Waals surface area contributed by atoms with Crippen LogP contribution < -0.4 is 4.90 Å². The lowest BCUT2D eigenvalue weighted by molar-refractivity contribution is -0.113. The number of unbranched alkanes of at least 4 members (excludes halogenated alkanes) is 1. The first-order valence-corrected chi connectivity index (χ1v) is 9.44. The van der Waals surface area contributed by atoms with Gasteiger partial charge < -0.3 is 0 Å². The van der Waals surface area contributed by atoms with Crippen molar-refractivity contribution in [3.8, 4) is 0 Å². The molecule has 0 saturated carbocycles. The van der Waals surface area contributed by atoms with Gasteiger partial charge in [0.1, 0.15) is 5.82 Å². The van der Waals surface area contributed by atoms with Crippen molar-refractivity contribution in [2.75, 3.05) is 4.90 Å². The maximum Gasteiger partial charge on any atom is 0.270 e. The Kier molecular flexibility index (Phi) is 5.66. The lowest BCUT2D eigenvalue weighted by Gasteiger charge is -2.15. The minimum atomic E-state index is -0.354. The summed E-state index contributed by atoms with van der Waals surface area (Å²) in [7, 11) is 0. The van der Waals surface area contributed by atoms with Crippen LogP contribution in [0, 0.1) is 5.82 Å². The van der Waals surface area contributed by atoms with E-state index in [2.05, 4.69) is 6.92 Å². The third-order valence-electron chi connectivity index (χ3n) is 4.00. The Bertz CT molecular complexity index is 830. The summed E-state index contributed by atoms with van der Waals surface area (Å²) in [5, 5.41) is 0. The molecule has 1 saturated heterocycles. The number of thiocarbonyl (C=S) groups is 1. The number of thioether (sulfide) groups is 1. The topological polar surface area (TPSA) is 20.3 Å². The van der Waals surface area contributed by atoms with Crippen molar-refractivity contribution in [3.63, 3.8) is 0 Å². The molecule has 3 rings (SSSR count). The number of nitrogens with zero attached hydrogens (tertiary/aromatic N) is 1. The molecule has 0 bridgehead atoms. The van der Waals surface area contributed by atoms with Crippen molar-refractivity contribution in [2.24, 2.45) is 0 Å². The Morgan fingerprint density at radius 2 is 1.88 bits per heavy atom. The summed E-state index contributed by atoms with van der Waals surface area (Å²) in [5.41, 5.74) is 2.38. The van der Waals surface area contributed by atoms with Crippen LogP contribution in [0.15, 0.2) is 53.4 Å². The van der Waals surface area contributed by atoms with Crippen molar-refractivity contribution in [1.29, 1.82) is 0 Å². The fraction of sp³-hybridized carbons (Fsp3) is 0.200. The largest absolute Gasteiger partial charge is 0.270 e. The van der Waals surface area contributed by atoms with Crippen LogP contribution in [0.3, 0.4) is 0 Å². The molecule has 2 aromatic carbocycles. The zero-order chi connectivity index (χ0) is 17.8. The normalized spacial score (nSPS) is 16.1. The third kappa shape index (κ3) is 3.99. The number of hydrogen-bond donors (Lipinski definition) is 0. The van der Waals surface area contributed by atoms with Crippen LogP contribution in [0.1, 0.15) is 30.9 Å². The molecule has 0 spiro atoms. The van der Waals surface area contributed by atoms with Crippen LogP contribution in [0.2, 0.25) is 0 Å². The summed E-state index contributed by atoms with van der Waals surface area (Å²) in [5.74, 6) is -0.562. The summed E-state index contributed by atoms with van der Waals surface area (Å²) in [6.07, 6.45) is 4.88. The Balaban J connectivity index is 1.83. The number of carbonyl (C=O) groups is 1. The molecule has 0 N–H and O–H groups in total. The van der Waals surface area contributed by atoms with E-state index in [4.69, 9.17) is 12.2 Å². The molecule has 2 nitrogen and oxygen atoms in total. The summed E-state index contributed by atoms with van der Waals surface area (Å²) in [6, 6.07) is 14.3. The molecule has 2 aromatic rings. The molecule has 1 aliphatic rings. The number of carbonyl (C=O) groups excluding carboxylic acids is 1. The van der Waals surface area contributed by atoms with Crippen molar-refractivity contribution >= 4 is 46.0 Å². The van der Waals surface area contributed by atoms with E-state index in [1.165, 1.54) is 28.3 Å². The molecule has 1 amide bonds. The molecular weight excluding hydrogens is 353 g/mol. The highest BCUT2D eigenvalue weighted by Crippen LogP contribution is 2.36. The molecule has 0 atom stereocenters. The molecule has 1 heterocycles. The minimum absolute atomic E-state index is 0.209. The average molecular weight is 372 g/mol. The van der Waals surface area contributed by atoms with Crippen molar-refractivity contribution < 1.29 is 9.18 Å². The monoisotopic (exact) mass is 371 g/mol. The zero-order valence-corrected chi connectivity index (χ0v) is 15.5. The molecule has 25 heavy (non-hydrogen) atoms. The molecule has 0 radical (unpaired) electrons. The molecule has 128 valence electrons. The highest BCUT2D eigenvalue weighted by Gasteiger charge is 2.33. The lowest BCUT2D eigenvalue weighted by atomic mass is 10.1. The molecular formula is C20H18FNOS2. The highest BCUT2D eigenvalue weighted by molar-refractivity contribution is 8.27. The average Bonchev–Trinajstić information content (AvgIpc) is 2.89. The van der Waals surface area contributed by atoms with E-state index in [9.17, 15) is 9.18 Å². The molecule has 0 aromatic heterocycles. The minimum Gasteiger partial charge on any atom is -0.268 e. The van der Waals surface area contributed by atoms with Gasteiger partial charge in [-0.3, -0.25) is 9.69 Å². The van der Waals surface area contributed by atoms with E-state index in [0.29, 0.717) is 14.8 Å². The zero-order valence-electron chi connectivity index (χ0n) is 13.9. The fourth-order valence-electron chi connectivity index (χ4n) is 2.62. The van der Waals surface area contributed by atoms with Gasteiger partial charge in [-0.1, -0.05) is 67.7 Å². The van der Waals surface area contributed by atoms with Gasteiger partial charge in [-0.25, -0.2) is 4.39 Å². The van der Waals surface area contributed by atoms with Gasteiger partial charge in [0.15, 0.2) is 4.32 Å². The van der Waals surface area contributed by atoms with E-state index >= 15 is 0 Å². The van der Waals surface area contributed by atoms with Crippen LogP contribution in [-0.2, 0) is 11.2 Å². The van der Waals surface area contributed by atoms with Crippen molar-refractivity contribution in [1.82, 2.24) is 0 Å². The predicted octanol–water partition coefficient (Wildman–Crippen LogP) is 5.57. The number of halogens is 1. The van der Waals surface area contributed by atoms with Gasteiger partial charge >= 0.3 is 0 Å². The quantitative estimate of drug-likeness (QED) is 0.506. The second-order valence-corrected chi connectivity index (χ2v) is 7.48. The van der Waals surface area contributed by atoms with E-state index in [-0.39, 0.29) is 11.7 Å². The van der Waals surface area contributed by atoms with Gasteiger partial charge in [0.2, 0.25) is 0 Å². The first-order valence-electron chi connectivity index (χ1n) is 8.21. The molecule has 0 unspecified atom stereocenters. The Labute approximate surface area is 156 Å². The van der Waals surface area contributed by atoms with E-state index in [1.54, 1.807) is 24.3 Å². The van der Waals surface area contributed by atoms with Crippen LogP contribution in [0.5, 0.6) is 0 Å². The molecule has 0 aliphatic carbocycles. The standard InChI is InChI=1S/C20H18FNOS2/c1-2-3-6-14-9-11-16(12-10-14)22-19(23)18(25-20(22)24)13-15-7-4-5-8-17(15)21/h4-5,7-13H,2-3,6H2,1H3. The van der Waals surface area contributed by atoms with Gasteiger partial charge in [0.25, 0.3) is 5.91 Å². The van der Waals surface area contributed by atoms with E-state index in [1.807, 2.05) is 24.3 Å². The summed E-state index contributed by atoms with van der Waals surface area (Å²) < 4.78 is 14.3. The Hall–Kier alpha value is -1.98. The van der Waals surface area contributed by atoms with Gasteiger partial charge in [-0.2, -0.15) is 0 Å². The first kappa shape index (κ1) is 17.8. The summed E-state index contributed by atoms with van der Waals surface area (Å²) in [4.78, 5) is 14.7. The van der Waals surface area contributed by atoms with Crippen molar-refractivity contribution in [3.05, 3.63) is 70.4 Å². The van der Waals surface area contributed by atoms with Gasteiger partial charge in [0.05, 0.1) is 10.6 Å². The van der Waals surface area contributed by atoms with Gasteiger partial charge in [-0.15, -0.1) is 0 Å². The van der Waals surface area contributed by atoms with E-state index in [0.717, 1.165) is 24.9 Å². The van der Waals surface area contributed by atoms with Gasteiger partial charge in [0, 0.05) is 5.56 Å². The smallest absolute Gasteiger partial charge is 0.268 e. The fourth-order valence-corrected chi connectivity index (χ4v) is 3.91. The molecule has 1 aliphatic heterocycles. The van der Waals surface area contributed by atoms with Crippen LogP contribution in [0.25, 0.3) is 6.08 Å². The number of amides is 1. The molecule has 5 heteroatoms. The number of hydrogen-bond acceptors (Lipinski definition) is 3. The second kappa shape index (κ2) is 7.93. The maximum atomic E-state index is 13.8. The maximum absolute atomic E-state index is 13.8. The number of rotatable bonds is 5. The summed E-state index contributed by atoms with van der Waals surface area (Å²) in [6.45, 7) is 2.16. The first-order chi connectivity index (χ1) is 12.1. The lowest BCUT2D eigenvalue weighted by Crippen LogP contribution is -2.27. The summed E-state index contributed by atoms with van der Waals surface area (Å²) >= 11 is 6.56. The third-order valence-corrected chi connectivity index (χ3v) is 5.30. The SMILES string of the molecule is CCCCc1ccc(N2C(=O)C(=Cc3ccccc3F)SC2=S)cc1. The number of anilines is 1. The molecule has 1 fully saturated rings. The van der Waals surface area contributed by atoms with Crippen LogP contribution in [-0.4, -0.2) is 10.2 Å². The Morgan fingerprint density at radius 3 is 2.56 bits per heavy atom. The van der Waals surface area contributed by atoms with E-state index < -0.39 is 0 Å². The number of aryl methyl sites for hydroxylation is 1. The van der Waals surface area contributed by atoms with Crippen molar-refractivity contribution in [2.45, 2.75) is 26.2 Å². The number of benzene rings is 2. The Morgan fingerprint density at radius 1 is 1.16 bits per heavy atom. The van der Waals surface area contributed by atoms with Crippen LogP contribution >= 0.6 is 24.0 Å². The second-order valence-electron chi connectivity index (χ2n) is 5.81. The highest BCUT2D eigenvalue weighted by atomic mass is 32.2.